The molecule has 1 heterocycles. The number of aliphatic hydroxyl groups is 1. The summed E-state index contributed by atoms with van der Waals surface area (Å²) in [6.45, 7) is 6.33. The van der Waals surface area contributed by atoms with Crippen molar-refractivity contribution in [2.75, 3.05) is 6.61 Å². The maximum atomic E-state index is 8.93. The van der Waals surface area contributed by atoms with E-state index in [0.717, 1.165) is 0 Å². The molecule has 0 saturated carbocycles. The van der Waals surface area contributed by atoms with Gasteiger partial charge in [-0.25, -0.2) is 0 Å². The smallest absolute Gasteiger partial charge is 0.0636 e. The predicted molar refractivity (Wildman–Crippen MR) is 45.7 cm³/mol. The van der Waals surface area contributed by atoms with Gasteiger partial charge < -0.3 is 9.67 Å². The summed E-state index contributed by atoms with van der Waals surface area (Å²) in [5.41, 5.74) is 2.42. The van der Waals surface area contributed by atoms with E-state index >= 15 is 0 Å². The van der Waals surface area contributed by atoms with Crippen LogP contribution >= 0.6 is 0 Å². The lowest BCUT2D eigenvalue weighted by Gasteiger charge is -2.15. The van der Waals surface area contributed by atoms with Crippen LogP contribution in [0.5, 0.6) is 0 Å². The van der Waals surface area contributed by atoms with Crippen molar-refractivity contribution in [3.8, 4) is 0 Å². The monoisotopic (exact) mass is 153 g/mol. The predicted octanol–water partition coefficient (Wildman–Crippen LogP) is 1.66. The first-order valence-electron chi connectivity index (χ1n) is 3.92. The van der Waals surface area contributed by atoms with E-state index in [1.54, 1.807) is 0 Å². The van der Waals surface area contributed by atoms with E-state index in [-0.39, 0.29) is 12.6 Å². The second kappa shape index (κ2) is 3.09. The van der Waals surface area contributed by atoms with Crippen LogP contribution in [0, 0.1) is 13.8 Å². The SMILES string of the molecule is Cc1ccc(C)n1[C@@H](C)CO. The van der Waals surface area contributed by atoms with E-state index < -0.39 is 0 Å². The zero-order valence-electron chi connectivity index (χ0n) is 7.33. The van der Waals surface area contributed by atoms with E-state index in [4.69, 9.17) is 5.11 Å². The minimum atomic E-state index is 0.199. The topological polar surface area (TPSA) is 25.2 Å². The fourth-order valence-corrected chi connectivity index (χ4v) is 1.46. The van der Waals surface area contributed by atoms with Crippen LogP contribution in [0.2, 0.25) is 0 Å². The van der Waals surface area contributed by atoms with Gasteiger partial charge >= 0.3 is 0 Å². The third kappa shape index (κ3) is 1.46. The third-order valence-corrected chi connectivity index (χ3v) is 2.03. The summed E-state index contributed by atoms with van der Waals surface area (Å²) < 4.78 is 2.14. The second-order valence-electron chi connectivity index (χ2n) is 3.02. The minimum Gasteiger partial charge on any atom is -0.394 e. The molecule has 0 saturated heterocycles. The van der Waals surface area contributed by atoms with Gasteiger partial charge in [-0.1, -0.05) is 0 Å². The maximum Gasteiger partial charge on any atom is 0.0636 e. The van der Waals surface area contributed by atoms with Crippen molar-refractivity contribution >= 4 is 0 Å². The molecule has 0 bridgehead atoms. The Balaban J connectivity index is 3.00. The molecule has 0 aromatic carbocycles. The van der Waals surface area contributed by atoms with E-state index in [9.17, 15) is 0 Å². The van der Waals surface area contributed by atoms with Crippen LogP contribution in [-0.4, -0.2) is 16.3 Å². The normalized spacial score (nSPS) is 13.5. The number of aryl methyl sites for hydroxylation is 2. The van der Waals surface area contributed by atoms with Crippen molar-refractivity contribution in [1.82, 2.24) is 4.57 Å². The quantitative estimate of drug-likeness (QED) is 0.686. The van der Waals surface area contributed by atoms with Crippen molar-refractivity contribution < 1.29 is 5.11 Å². The molecule has 0 unspecified atom stereocenters. The Hall–Kier alpha value is -0.760. The lowest BCUT2D eigenvalue weighted by Crippen LogP contribution is -2.11. The summed E-state index contributed by atoms with van der Waals surface area (Å²) in [5, 5.41) is 8.93. The van der Waals surface area contributed by atoms with Crippen LogP contribution in [0.25, 0.3) is 0 Å². The molecule has 2 heteroatoms. The van der Waals surface area contributed by atoms with Crippen LogP contribution in [0.3, 0.4) is 0 Å². The Morgan fingerprint density at radius 2 is 1.82 bits per heavy atom. The highest BCUT2D eigenvalue weighted by molar-refractivity contribution is 5.14. The number of nitrogens with zero attached hydrogens (tertiary/aromatic N) is 1. The summed E-state index contributed by atoms with van der Waals surface area (Å²) in [4.78, 5) is 0. The molecule has 1 atom stereocenters. The van der Waals surface area contributed by atoms with Crippen LogP contribution in [-0.2, 0) is 0 Å². The molecule has 0 fully saturated rings. The molecule has 0 radical (unpaired) electrons. The van der Waals surface area contributed by atoms with Gasteiger partial charge in [-0.05, 0) is 32.9 Å². The van der Waals surface area contributed by atoms with Crippen molar-refractivity contribution in [3.05, 3.63) is 23.5 Å². The lowest BCUT2D eigenvalue weighted by atomic mass is 10.3. The lowest BCUT2D eigenvalue weighted by molar-refractivity contribution is 0.236. The average Bonchev–Trinajstić information content (AvgIpc) is 2.30. The van der Waals surface area contributed by atoms with Gasteiger partial charge in [0.1, 0.15) is 0 Å². The van der Waals surface area contributed by atoms with Crippen LogP contribution in [0.15, 0.2) is 12.1 Å². The molecule has 0 amide bonds. The number of rotatable bonds is 2. The van der Waals surface area contributed by atoms with Crippen molar-refractivity contribution in [2.24, 2.45) is 0 Å². The zero-order chi connectivity index (χ0) is 8.43. The maximum absolute atomic E-state index is 8.93. The van der Waals surface area contributed by atoms with E-state index in [0.29, 0.717) is 0 Å². The summed E-state index contributed by atoms with van der Waals surface area (Å²) in [7, 11) is 0. The highest BCUT2D eigenvalue weighted by atomic mass is 16.3. The summed E-state index contributed by atoms with van der Waals surface area (Å²) in [6.07, 6.45) is 0. The molecule has 1 N–H and O–H groups in total. The first-order chi connectivity index (χ1) is 5.16. The first kappa shape index (κ1) is 8.34. The third-order valence-electron chi connectivity index (χ3n) is 2.03. The molecule has 0 aliphatic heterocycles. The summed E-state index contributed by atoms with van der Waals surface area (Å²) >= 11 is 0. The highest BCUT2D eigenvalue weighted by Gasteiger charge is 2.06. The molecule has 0 aliphatic carbocycles. The molecular formula is C9H15NO. The average molecular weight is 153 g/mol. The molecule has 1 aromatic heterocycles. The number of aliphatic hydroxyl groups excluding tert-OH is 1. The van der Waals surface area contributed by atoms with Gasteiger partial charge in [0.2, 0.25) is 0 Å². The van der Waals surface area contributed by atoms with Gasteiger partial charge in [-0.3, -0.25) is 0 Å². The number of hydrogen-bond donors (Lipinski definition) is 1. The molecule has 2 nitrogen and oxygen atoms in total. The minimum absolute atomic E-state index is 0.199. The van der Waals surface area contributed by atoms with Crippen molar-refractivity contribution in [2.45, 2.75) is 26.8 Å². The molecule has 62 valence electrons. The zero-order valence-corrected chi connectivity index (χ0v) is 7.33. The van der Waals surface area contributed by atoms with Gasteiger partial charge in [-0.15, -0.1) is 0 Å². The van der Waals surface area contributed by atoms with E-state index in [1.165, 1.54) is 11.4 Å². The Labute approximate surface area is 67.5 Å². The largest absolute Gasteiger partial charge is 0.394 e. The Morgan fingerprint density at radius 3 is 2.18 bits per heavy atom. The Kier molecular flexibility index (Phi) is 2.35. The van der Waals surface area contributed by atoms with Gasteiger partial charge in [0, 0.05) is 11.4 Å². The van der Waals surface area contributed by atoms with Crippen molar-refractivity contribution in [3.63, 3.8) is 0 Å². The molecule has 0 spiro atoms. The summed E-state index contributed by atoms with van der Waals surface area (Å²) in [6, 6.07) is 4.34. The van der Waals surface area contributed by atoms with Crippen LogP contribution < -0.4 is 0 Å². The molecule has 1 rings (SSSR count). The van der Waals surface area contributed by atoms with E-state index in [2.05, 4.69) is 30.5 Å². The Morgan fingerprint density at radius 1 is 1.36 bits per heavy atom. The van der Waals surface area contributed by atoms with Gasteiger partial charge in [0.05, 0.1) is 12.6 Å². The standard InChI is InChI=1S/C9H15NO/c1-7-4-5-8(2)10(7)9(3)6-11/h4-5,9,11H,6H2,1-3H3/t9-/m0/s1. The molecular weight excluding hydrogens is 138 g/mol. The molecule has 0 aliphatic rings. The highest BCUT2D eigenvalue weighted by Crippen LogP contribution is 2.14. The molecule has 1 aromatic rings. The molecule has 11 heavy (non-hydrogen) atoms. The fourth-order valence-electron chi connectivity index (χ4n) is 1.46. The van der Waals surface area contributed by atoms with Gasteiger partial charge in [0.25, 0.3) is 0 Å². The van der Waals surface area contributed by atoms with Crippen molar-refractivity contribution in [1.29, 1.82) is 0 Å². The van der Waals surface area contributed by atoms with Gasteiger partial charge in [0.15, 0.2) is 0 Å². The van der Waals surface area contributed by atoms with E-state index in [1.807, 2.05) is 6.92 Å². The van der Waals surface area contributed by atoms with Gasteiger partial charge in [-0.2, -0.15) is 0 Å². The Bertz CT molecular complexity index is 220. The first-order valence-corrected chi connectivity index (χ1v) is 3.92. The van der Waals surface area contributed by atoms with Crippen LogP contribution in [0.1, 0.15) is 24.4 Å². The number of hydrogen-bond acceptors (Lipinski definition) is 1. The van der Waals surface area contributed by atoms with Crippen LogP contribution in [0.4, 0.5) is 0 Å². The number of aromatic nitrogens is 1. The fraction of sp³-hybridized carbons (Fsp3) is 0.556. The summed E-state index contributed by atoms with van der Waals surface area (Å²) in [5.74, 6) is 0. The second-order valence-corrected chi connectivity index (χ2v) is 3.02.